The van der Waals surface area contributed by atoms with E-state index in [1.807, 2.05) is 0 Å². The number of pyridine rings is 1. The van der Waals surface area contributed by atoms with Gasteiger partial charge < -0.3 is 19.2 Å². The Kier molecular flexibility index (Phi) is 6.71. The predicted octanol–water partition coefficient (Wildman–Crippen LogP) is 2.59. The van der Waals surface area contributed by atoms with Crippen LogP contribution in [-0.2, 0) is 16.0 Å². The van der Waals surface area contributed by atoms with E-state index in [2.05, 4.69) is 20.6 Å². The fraction of sp³-hybridized carbons (Fsp3) is 0.222. The molecule has 0 fully saturated rings. The first kappa shape index (κ1) is 19.5. The molecule has 10 heteroatoms. The quantitative estimate of drug-likeness (QED) is 0.529. The number of thiazole rings is 1. The molecule has 0 spiro atoms. The lowest BCUT2D eigenvalue weighted by molar-refractivity contribution is -0.115. The second-order valence-electron chi connectivity index (χ2n) is 5.53. The molecule has 0 atom stereocenters. The SMILES string of the molecule is COCCOc1ccc(NC(=O)Cc2csc(NC(=O)c3ccco3)n2)cn1. The number of hydrogen-bond acceptors (Lipinski definition) is 8. The molecule has 3 aromatic rings. The second kappa shape index (κ2) is 9.62. The number of carbonyl (C=O) groups excluding carboxylic acids is 2. The Hall–Kier alpha value is -3.24. The van der Waals surface area contributed by atoms with E-state index in [0.717, 1.165) is 0 Å². The van der Waals surface area contributed by atoms with E-state index < -0.39 is 5.91 Å². The fourth-order valence-electron chi connectivity index (χ4n) is 2.15. The van der Waals surface area contributed by atoms with Crippen molar-refractivity contribution in [3.05, 3.63) is 53.6 Å². The van der Waals surface area contributed by atoms with E-state index in [4.69, 9.17) is 13.9 Å². The van der Waals surface area contributed by atoms with Crippen LogP contribution in [0.1, 0.15) is 16.2 Å². The van der Waals surface area contributed by atoms with E-state index in [-0.39, 0.29) is 18.1 Å². The minimum Gasteiger partial charge on any atom is -0.475 e. The first-order chi connectivity index (χ1) is 13.6. The van der Waals surface area contributed by atoms with Crippen molar-refractivity contribution in [3.63, 3.8) is 0 Å². The number of ether oxygens (including phenoxy) is 2. The lowest BCUT2D eigenvalue weighted by atomic mass is 10.3. The maximum atomic E-state index is 12.2. The summed E-state index contributed by atoms with van der Waals surface area (Å²) in [6.07, 6.45) is 3.00. The topological polar surface area (TPSA) is 116 Å². The Bertz CT molecular complexity index is 908. The lowest BCUT2D eigenvalue weighted by Gasteiger charge is -2.06. The van der Waals surface area contributed by atoms with Gasteiger partial charge in [-0.3, -0.25) is 14.9 Å². The number of carbonyl (C=O) groups is 2. The van der Waals surface area contributed by atoms with Crippen molar-refractivity contribution in [2.75, 3.05) is 31.0 Å². The summed E-state index contributed by atoms with van der Waals surface area (Å²) in [6.45, 7) is 0.871. The molecule has 0 aliphatic rings. The van der Waals surface area contributed by atoms with Crippen molar-refractivity contribution in [2.24, 2.45) is 0 Å². The van der Waals surface area contributed by atoms with Crippen molar-refractivity contribution < 1.29 is 23.5 Å². The van der Waals surface area contributed by atoms with Gasteiger partial charge in [0.1, 0.15) is 6.61 Å². The summed E-state index contributed by atoms with van der Waals surface area (Å²) in [7, 11) is 1.59. The minimum atomic E-state index is -0.394. The van der Waals surface area contributed by atoms with Crippen LogP contribution in [0.3, 0.4) is 0 Å². The van der Waals surface area contributed by atoms with Crippen molar-refractivity contribution in [1.82, 2.24) is 9.97 Å². The number of amides is 2. The van der Waals surface area contributed by atoms with Gasteiger partial charge in [0.25, 0.3) is 5.91 Å². The van der Waals surface area contributed by atoms with Gasteiger partial charge in [-0.05, 0) is 18.2 Å². The molecular formula is C18H18N4O5S. The van der Waals surface area contributed by atoms with Crippen LogP contribution in [0.5, 0.6) is 5.88 Å². The molecular weight excluding hydrogens is 384 g/mol. The predicted molar refractivity (Wildman–Crippen MR) is 103 cm³/mol. The van der Waals surface area contributed by atoms with Gasteiger partial charge in [0.05, 0.1) is 36.9 Å². The highest BCUT2D eigenvalue weighted by molar-refractivity contribution is 7.14. The average Bonchev–Trinajstić information content (AvgIpc) is 3.36. The smallest absolute Gasteiger partial charge is 0.293 e. The highest BCUT2D eigenvalue weighted by Gasteiger charge is 2.13. The highest BCUT2D eigenvalue weighted by atomic mass is 32.1. The van der Waals surface area contributed by atoms with Gasteiger partial charge in [0, 0.05) is 18.6 Å². The summed E-state index contributed by atoms with van der Waals surface area (Å²) in [4.78, 5) is 32.4. The van der Waals surface area contributed by atoms with Crippen LogP contribution in [0.4, 0.5) is 10.8 Å². The standard InChI is InChI=1S/C18H18N4O5S/c1-25-7-8-27-16-5-4-12(10-19-16)20-15(23)9-13-11-28-18(21-13)22-17(24)14-3-2-6-26-14/h2-6,10-11H,7-9H2,1H3,(H,20,23)(H,21,22,24). The molecule has 2 N–H and O–H groups in total. The van der Waals surface area contributed by atoms with Gasteiger partial charge in [0.2, 0.25) is 11.8 Å². The van der Waals surface area contributed by atoms with Gasteiger partial charge in [-0.15, -0.1) is 11.3 Å². The van der Waals surface area contributed by atoms with Gasteiger partial charge in [-0.2, -0.15) is 0 Å². The molecule has 0 bridgehead atoms. The van der Waals surface area contributed by atoms with E-state index in [9.17, 15) is 9.59 Å². The zero-order chi connectivity index (χ0) is 19.8. The third-order valence-corrected chi connectivity index (χ3v) is 4.22. The zero-order valence-corrected chi connectivity index (χ0v) is 15.8. The molecule has 2 amide bonds. The molecule has 9 nitrogen and oxygen atoms in total. The Labute approximate surface area is 164 Å². The molecule has 0 aliphatic heterocycles. The number of aromatic nitrogens is 2. The lowest BCUT2D eigenvalue weighted by Crippen LogP contribution is -2.15. The Morgan fingerprint density at radius 1 is 1.21 bits per heavy atom. The summed E-state index contributed by atoms with van der Waals surface area (Å²) in [5, 5.41) is 7.47. The van der Waals surface area contributed by atoms with E-state index in [0.29, 0.717) is 35.6 Å². The van der Waals surface area contributed by atoms with Crippen LogP contribution in [0.15, 0.2) is 46.5 Å². The number of anilines is 2. The molecule has 3 aromatic heterocycles. The first-order valence-corrected chi connectivity index (χ1v) is 9.19. The molecule has 28 heavy (non-hydrogen) atoms. The molecule has 0 saturated carbocycles. The summed E-state index contributed by atoms with van der Waals surface area (Å²) in [5.41, 5.74) is 1.09. The molecule has 146 valence electrons. The number of nitrogens with one attached hydrogen (secondary N) is 2. The number of nitrogens with zero attached hydrogens (tertiary/aromatic N) is 2. The Balaban J connectivity index is 1.48. The van der Waals surface area contributed by atoms with Gasteiger partial charge in [-0.25, -0.2) is 9.97 Å². The van der Waals surface area contributed by atoms with E-state index in [1.165, 1.54) is 23.8 Å². The number of furan rings is 1. The third kappa shape index (κ3) is 5.63. The molecule has 3 heterocycles. The maximum absolute atomic E-state index is 12.2. The zero-order valence-electron chi connectivity index (χ0n) is 15.0. The summed E-state index contributed by atoms with van der Waals surface area (Å²) in [6, 6.07) is 6.54. The Morgan fingerprint density at radius 3 is 2.82 bits per heavy atom. The maximum Gasteiger partial charge on any atom is 0.293 e. The molecule has 0 radical (unpaired) electrons. The average molecular weight is 402 g/mol. The summed E-state index contributed by atoms with van der Waals surface area (Å²) >= 11 is 1.23. The van der Waals surface area contributed by atoms with Crippen molar-refractivity contribution in [2.45, 2.75) is 6.42 Å². The summed E-state index contributed by atoms with van der Waals surface area (Å²) < 4.78 is 15.3. The van der Waals surface area contributed by atoms with Crippen LogP contribution < -0.4 is 15.4 Å². The normalized spacial score (nSPS) is 10.5. The van der Waals surface area contributed by atoms with Crippen LogP contribution in [0.25, 0.3) is 0 Å². The number of rotatable bonds is 9. The van der Waals surface area contributed by atoms with Crippen molar-refractivity contribution in [1.29, 1.82) is 0 Å². The van der Waals surface area contributed by atoms with E-state index in [1.54, 1.807) is 36.8 Å². The first-order valence-electron chi connectivity index (χ1n) is 8.31. The molecule has 0 aromatic carbocycles. The second-order valence-corrected chi connectivity index (χ2v) is 6.38. The number of hydrogen-bond donors (Lipinski definition) is 2. The van der Waals surface area contributed by atoms with Crippen LogP contribution >= 0.6 is 11.3 Å². The van der Waals surface area contributed by atoms with Crippen molar-refractivity contribution in [3.8, 4) is 5.88 Å². The van der Waals surface area contributed by atoms with Gasteiger partial charge in [0.15, 0.2) is 10.9 Å². The third-order valence-electron chi connectivity index (χ3n) is 3.42. The summed E-state index contributed by atoms with van der Waals surface area (Å²) in [5.74, 6) is 0.00132. The van der Waals surface area contributed by atoms with Gasteiger partial charge >= 0.3 is 0 Å². The van der Waals surface area contributed by atoms with Crippen LogP contribution in [0.2, 0.25) is 0 Å². The van der Waals surface area contributed by atoms with Gasteiger partial charge in [-0.1, -0.05) is 0 Å². The molecule has 0 saturated heterocycles. The van der Waals surface area contributed by atoms with E-state index >= 15 is 0 Å². The molecule has 0 unspecified atom stereocenters. The molecule has 0 aliphatic carbocycles. The number of methoxy groups -OCH3 is 1. The Morgan fingerprint density at radius 2 is 2.11 bits per heavy atom. The van der Waals surface area contributed by atoms with Crippen molar-refractivity contribution >= 4 is 34.0 Å². The highest BCUT2D eigenvalue weighted by Crippen LogP contribution is 2.18. The monoisotopic (exact) mass is 402 g/mol. The van der Waals surface area contributed by atoms with Crippen LogP contribution in [-0.4, -0.2) is 42.1 Å². The van der Waals surface area contributed by atoms with Crippen LogP contribution in [0, 0.1) is 0 Å². The molecule has 3 rings (SSSR count). The fourth-order valence-corrected chi connectivity index (χ4v) is 2.86. The largest absolute Gasteiger partial charge is 0.475 e. The minimum absolute atomic E-state index is 0.0687.